The average molecular weight is 323 g/mol. The van der Waals surface area contributed by atoms with Crippen LogP contribution in [0.4, 0.5) is 14.6 Å². The quantitative estimate of drug-likeness (QED) is 0.870. The molecule has 5 nitrogen and oxygen atoms in total. The second kappa shape index (κ2) is 5.98. The highest BCUT2D eigenvalue weighted by molar-refractivity contribution is 5.43. The summed E-state index contributed by atoms with van der Waals surface area (Å²) in [5.74, 6) is -1.54. The first-order valence-corrected chi connectivity index (χ1v) is 7.18. The molecule has 3 rings (SSSR count). The zero-order valence-corrected chi connectivity index (χ0v) is 12.7. The van der Waals surface area contributed by atoms with Crippen molar-refractivity contribution in [2.75, 3.05) is 11.9 Å². The summed E-state index contributed by atoms with van der Waals surface area (Å²) in [6.45, 7) is -0.0428. The van der Waals surface area contributed by atoms with Gasteiger partial charge in [-0.1, -0.05) is 0 Å². The van der Waals surface area contributed by atoms with Crippen LogP contribution in [0.1, 0.15) is 21.6 Å². The number of hydrogen-bond donors (Lipinski definition) is 0. The van der Waals surface area contributed by atoms with Crippen LogP contribution in [0.15, 0.2) is 29.1 Å². The van der Waals surface area contributed by atoms with Gasteiger partial charge in [-0.2, -0.15) is 4.98 Å². The molecule has 1 aliphatic rings. The Hall–Kier alpha value is -2.44. The predicted molar refractivity (Wildman–Crippen MR) is 81.7 cm³/mol. The fourth-order valence-electron chi connectivity index (χ4n) is 2.49. The zero-order valence-electron chi connectivity index (χ0n) is 14.7. The molecule has 0 fully saturated rings. The molecule has 0 unspecified atom stereocenters. The molecular formula is C16H17F2N3O2. The number of benzene rings is 1. The van der Waals surface area contributed by atoms with E-state index in [1.165, 1.54) is 10.6 Å². The fourth-order valence-corrected chi connectivity index (χ4v) is 2.49. The van der Waals surface area contributed by atoms with Crippen LogP contribution in [0, 0.1) is 11.6 Å². The van der Waals surface area contributed by atoms with E-state index in [0.717, 1.165) is 18.6 Å². The van der Waals surface area contributed by atoms with Crippen molar-refractivity contribution in [3.8, 4) is 5.88 Å². The van der Waals surface area contributed by atoms with Gasteiger partial charge in [-0.05, 0) is 31.0 Å². The number of aromatic nitrogens is 2. The lowest BCUT2D eigenvalue weighted by Crippen LogP contribution is -2.41. The molecule has 122 valence electrons. The van der Waals surface area contributed by atoms with E-state index in [-0.39, 0.29) is 17.5 Å². The van der Waals surface area contributed by atoms with E-state index in [1.807, 2.05) is 18.9 Å². The Kier molecular flexibility index (Phi) is 3.39. The third-order valence-electron chi connectivity index (χ3n) is 3.89. The number of hydrogen-bond acceptors (Lipinski definition) is 4. The number of rotatable bonds is 3. The molecule has 0 radical (unpaired) electrons. The van der Waals surface area contributed by atoms with Crippen molar-refractivity contribution in [1.82, 2.24) is 9.55 Å². The number of nitrogens with zero attached hydrogens (tertiary/aromatic N) is 3. The number of anilines is 1. The zero-order chi connectivity index (χ0) is 18.4. The first-order chi connectivity index (χ1) is 11.7. The summed E-state index contributed by atoms with van der Waals surface area (Å²) in [6, 6.07) is 3.96. The van der Waals surface area contributed by atoms with Gasteiger partial charge in [0.2, 0.25) is 5.88 Å². The number of halogens is 2. The van der Waals surface area contributed by atoms with E-state index in [1.54, 1.807) is 0 Å². The largest absolute Gasteiger partial charge is 0.473 e. The molecule has 1 atom stereocenters. The van der Waals surface area contributed by atoms with Crippen molar-refractivity contribution in [3.63, 3.8) is 0 Å². The van der Waals surface area contributed by atoms with Crippen LogP contribution in [0.25, 0.3) is 0 Å². The monoisotopic (exact) mass is 323 g/mol. The highest BCUT2D eigenvalue weighted by Crippen LogP contribution is 2.24. The van der Waals surface area contributed by atoms with E-state index < -0.39 is 23.9 Å². The molecule has 0 N–H and O–H groups in total. The molecule has 1 aromatic carbocycles. The standard InChI is InChI=1S/C16H17F2N3O2/c1-10-3-4-21-15(20(10)2)8-14(19-16(21)22)23-9-11-5-12(17)7-13(18)6-11/h5-8,10H,3-4,9H2,1-2H3/t10-/m0/s1/i9D2. The number of ether oxygens (including phenoxy) is 1. The molecule has 0 spiro atoms. The summed E-state index contributed by atoms with van der Waals surface area (Å²) in [5, 5.41) is 0. The summed E-state index contributed by atoms with van der Waals surface area (Å²) in [7, 11) is 1.81. The Morgan fingerprint density at radius 3 is 2.74 bits per heavy atom. The summed E-state index contributed by atoms with van der Waals surface area (Å²) < 4.78 is 49.2. The molecule has 0 bridgehead atoms. The van der Waals surface area contributed by atoms with Crippen molar-refractivity contribution in [3.05, 3.63) is 51.9 Å². The van der Waals surface area contributed by atoms with Crippen molar-refractivity contribution in [1.29, 1.82) is 0 Å². The van der Waals surface area contributed by atoms with Crippen molar-refractivity contribution in [2.24, 2.45) is 0 Å². The topological polar surface area (TPSA) is 47.4 Å². The summed E-state index contributed by atoms with van der Waals surface area (Å²) in [5.41, 5.74) is -0.904. The average Bonchev–Trinajstić information content (AvgIpc) is 2.50. The van der Waals surface area contributed by atoms with E-state index in [0.29, 0.717) is 18.4 Å². The van der Waals surface area contributed by atoms with E-state index in [9.17, 15) is 13.6 Å². The van der Waals surface area contributed by atoms with Gasteiger partial charge in [-0.25, -0.2) is 13.6 Å². The summed E-state index contributed by atoms with van der Waals surface area (Å²) in [4.78, 5) is 17.8. The summed E-state index contributed by atoms with van der Waals surface area (Å²) in [6.07, 6.45) is 0.786. The molecule has 1 aliphatic heterocycles. The van der Waals surface area contributed by atoms with Gasteiger partial charge in [0.1, 0.15) is 24.0 Å². The van der Waals surface area contributed by atoms with Gasteiger partial charge in [0, 0.05) is 31.8 Å². The van der Waals surface area contributed by atoms with Gasteiger partial charge in [0.15, 0.2) is 0 Å². The lowest BCUT2D eigenvalue weighted by Gasteiger charge is -2.34. The Balaban J connectivity index is 1.97. The van der Waals surface area contributed by atoms with E-state index in [4.69, 9.17) is 7.48 Å². The smallest absolute Gasteiger partial charge is 0.352 e. The molecule has 0 aliphatic carbocycles. The minimum atomic E-state index is -2.56. The van der Waals surface area contributed by atoms with Gasteiger partial charge in [0.25, 0.3) is 0 Å². The molecule has 0 amide bonds. The van der Waals surface area contributed by atoms with Crippen molar-refractivity contribution in [2.45, 2.75) is 32.5 Å². The van der Waals surface area contributed by atoms with Crippen molar-refractivity contribution < 1.29 is 16.3 Å². The van der Waals surface area contributed by atoms with Crippen LogP contribution in [0.2, 0.25) is 0 Å². The molecule has 7 heteroatoms. The third-order valence-corrected chi connectivity index (χ3v) is 3.89. The van der Waals surface area contributed by atoms with Crippen LogP contribution in [0.3, 0.4) is 0 Å². The first-order valence-electron chi connectivity index (χ1n) is 8.18. The molecule has 2 heterocycles. The second-order valence-electron chi connectivity index (χ2n) is 5.50. The maximum absolute atomic E-state index is 13.3. The highest BCUT2D eigenvalue weighted by Gasteiger charge is 2.22. The molecule has 0 saturated heterocycles. The maximum Gasteiger partial charge on any atom is 0.352 e. The minimum absolute atomic E-state index is 0.198. The number of fused-ring (bicyclic) bond motifs is 1. The Labute approximate surface area is 134 Å². The van der Waals surface area contributed by atoms with Crippen LogP contribution >= 0.6 is 0 Å². The highest BCUT2D eigenvalue weighted by atomic mass is 19.1. The SMILES string of the molecule is [2H]C([2H])(Oc1cc2n(c(=O)n1)CC[C@H](C)N2C)c1cc(F)cc(F)c1. The third kappa shape index (κ3) is 3.18. The summed E-state index contributed by atoms with van der Waals surface area (Å²) >= 11 is 0. The van der Waals surface area contributed by atoms with Gasteiger partial charge in [0.05, 0.1) is 2.74 Å². The predicted octanol–water partition coefficient (Wildman–Crippen LogP) is 2.33. The minimum Gasteiger partial charge on any atom is -0.473 e. The van der Waals surface area contributed by atoms with Gasteiger partial charge in [-0.15, -0.1) is 0 Å². The molecule has 2 aromatic rings. The first kappa shape index (κ1) is 13.0. The van der Waals surface area contributed by atoms with Gasteiger partial charge >= 0.3 is 5.69 Å². The van der Waals surface area contributed by atoms with Gasteiger partial charge in [-0.3, -0.25) is 4.57 Å². The Bertz CT molecular complexity index is 853. The maximum atomic E-state index is 13.3. The second-order valence-corrected chi connectivity index (χ2v) is 5.50. The van der Waals surface area contributed by atoms with Crippen LogP contribution in [-0.2, 0) is 13.1 Å². The van der Waals surface area contributed by atoms with Crippen LogP contribution in [-0.4, -0.2) is 22.6 Å². The lowest BCUT2D eigenvalue weighted by molar-refractivity contribution is 0.288. The van der Waals surface area contributed by atoms with Crippen molar-refractivity contribution >= 4 is 5.82 Å². The lowest BCUT2D eigenvalue weighted by atomic mass is 10.1. The fraction of sp³-hybridized carbons (Fsp3) is 0.375. The van der Waals surface area contributed by atoms with E-state index in [2.05, 4.69) is 4.98 Å². The van der Waals surface area contributed by atoms with Gasteiger partial charge < -0.3 is 9.64 Å². The molecule has 0 saturated carbocycles. The Morgan fingerprint density at radius 1 is 1.35 bits per heavy atom. The molecular weight excluding hydrogens is 304 g/mol. The van der Waals surface area contributed by atoms with E-state index >= 15 is 0 Å². The Morgan fingerprint density at radius 2 is 2.04 bits per heavy atom. The molecule has 1 aromatic heterocycles. The van der Waals surface area contributed by atoms with Crippen LogP contribution < -0.4 is 15.3 Å². The normalized spacial score (nSPS) is 19.0. The molecule has 23 heavy (non-hydrogen) atoms. The van der Waals surface area contributed by atoms with Crippen LogP contribution in [0.5, 0.6) is 5.88 Å².